The topological polar surface area (TPSA) is 43.8 Å². The summed E-state index contributed by atoms with van der Waals surface area (Å²) in [7, 11) is 4.05. The summed E-state index contributed by atoms with van der Waals surface area (Å²) in [6.45, 7) is 3.75. The van der Waals surface area contributed by atoms with E-state index >= 15 is 0 Å². The Kier molecular flexibility index (Phi) is 4.78. The maximum atomic E-state index is 12.5. The Morgan fingerprint density at radius 1 is 1.35 bits per heavy atom. The third kappa shape index (κ3) is 3.19. The lowest BCUT2D eigenvalue weighted by molar-refractivity contribution is 0.0648. The molecule has 4 nitrogen and oxygen atoms in total. The third-order valence-corrected chi connectivity index (χ3v) is 4.03. The molecule has 0 radical (unpaired) electrons. The van der Waals surface area contributed by atoms with Gasteiger partial charge in [0.15, 0.2) is 0 Å². The molecule has 0 bridgehead atoms. The average Bonchev–Trinajstić information content (AvgIpc) is 2.79. The van der Waals surface area contributed by atoms with Crippen molar-refractivity contribution in [1.82, 2.24) is 9.80 Å². The predicted octanol–water partition coefficient (Wildman–Crippen LogP) is 1.59. The van der Waals surface area contributed by atoms with Crippen molar-refractivity contribution in [3.8, 4) is 0 Å². The average molecular weight is 276 g/mol. The Morgan fingerprint density at radius 3 is 2.55 bits per heavy atom. The van der Waals surface area contributed by atoms with Crippen LogP contribution in [-0.4, -0.2) is 54.1 Å². The Hall–Kier alpha value is -1.39. The summed E-state index contributed by atoms with van der Waals surface area (Å²) >= 11 is 0. The van der Waals surface area contributed by atoms with Gasteiger partial charge < -0.3 is 14.9 Å². The predicted molar refractivity (Wildman–Crippen MR) is 79.5 cm³/mol. The molecule has 110 valence electrons. The van der Waals surface area contributed by atoms with Gasteiger partial charge in [-0.1, -0.05) is 19.1 Å². The molecular formula is C16H24N2O2. The first-order chi connectivity index (χ1) is 9.52. The number of likely N-dealkylation sites (tertiary alicyclic amines) is 1. The van der Waals surface area contributed by atoms with Gasteiger partial charge in [0.2, 0.25) is 0 Å². The van der Waals surface area contributed by atoms with Crippen LogP contribution in [0, 0.1) is 5.92 Å². The standard InChI is InChI=1S/C16H24N2O2/c1-12-8-9-18(15(12)11-19)16(20)14-6-4-13(5-7-14)10-17(2)3/h4-7,12,15,19H,8-11H2,1-3H3. The number of hydrogen-bond donors (Lipinski definition) is 1. The van der Waals surface area contributed by atoms with Crippen molar-refractivity contribution in [2.45, 2.75) is 25.9 Å². The largest absolute Gasteiger partial charge is 0.394 e. The molecule has 1 heterocycles. The van der Waals surface area contributed by atoms with Gasteiger partial charge in [0.1, 0.15) is 0 Å². The van der Waals surface area contributed by atoms with Crippen LogP contribution < -0.4 is 0 Å². The number of aliphatic hydroxyl groups excluding tert-OH is 1. The zero-order chi connectivity index (χ0) is 14.7. The van der Waals surface area contributed by atoms with Crippen molar-refractivity contribution < 1.29 is 9.90 Å². The van der Waals surface area contributed by atoms with Gasteiger partial charge in [-0.2, -0.15) is 0 Å². The molecule has 0 saturated carbocycles. The lowest BCUT2D eigenvalue weighted by Crippen LogP contribution is -2.39. The number of aliphatic hydroxyl groups is 1. The summed E-state index contributed by atoms with van der Waals surface area (Å²) in [4.78, 5) is 16.4. The van der Waals surface area contributed by atoms with E-state index in [1.807, 2.05) is 43.3 Å². The second-order valence-electron chi connectivity index (χ2n) is 5.95. The zero-order valence-electron chi connectivity index (χ0n) is 12.5. The van der Waals surface area contributed by atoms with Crippen LogP contribution in [0.25, 0.3) is 0 Å². The molecule has 1 N–H and O–H groups in total. The minimum Gasteiger partial charge on any atom is -0.394 e. The van der Waals surface area contributed by atoms with Crippen LogP contribution in [0.15, 0.2) is 24.3 Å². The summed E-state index contributed by atoms with van der Waals surface area (Å²) in [5.74, 6) is 0.404. The number of rotatable bonds is 4. The molecule has 20 heavy (non-hydrogen) atoms. The van der Waals surface area contributed by atoms with Gasteiger partial charge in [-0.25, -0.2) is 0 Å². The maximum Gasteiger partial charge on any atom is 0.254 e. The van der Waals surface area contributed by atoms with Crippen LogP contribution in [0.1, 0.15) is 29.3 Å². The van der Waals surface area contributed by atoms with E-state index in [0.717, 1.165) is 19.5 Å². The molecule has 0 aliphatic carbocycles. The van der Waals surface area contributed by atoms with Crippen LogP contribution in [-0.2, 0) is 6.54 Å². The molecule has 2 unspecified atom stereocenters. The summed E-state index contributed by atoms with van der Waals surface area (Å²) < 4.78 is 0. The smallest absolute Gasteiger partial charge is 0.254 e. The van der Waals surface area contributed by atoms with Gasteiger partial charge in [0.25, 0.3) is 5.91 Å². The van der Waals surface area contributed by atoms with Crippen molar-refractivity contribution >= 4 is 5.91 Å². The van der Waals surface area contributed by atoms with E-state index < -0.39 is 0 Å². The minimum atomic E-state index is -0.0380. The Balaban J connectivity index is 2.09. The number of amides is 1. The fourth-order valence-corrected chi connectivity index (χ4v) is 2.82. The first-order valence-corrected chi connectivity index (χ1v) is 7.18. The molecule has 0 spiro atoms. The summed E-state index contributed by atoms with van der Waals surface area (Å²) in [6, 6.07) is 7.74. The molecular weight excluding hydrogens is 252 g/mol. The fraction of sp³-hybridized carbons (Fsp3) is 0.562. The first-order valence-electron chi connectivity index (χ1n) is 7.18. The Labute approximate surface area is 121 Å². The quantitative estimate of drug-likeness (QED) is 0.908. The van der Waals surface area contributed by atoms with Crippen LogP contribution in [0.3, 0.4) is 0 Å². The van der Waals surface area contributed by atoms with Gasteiger partial charge >= 0.3 is 0 Å². The SMILES string of the molecule is CC1CCN(C(=O)c2ccc(CN(C)C)cc2)C1CO. The summed E-state index contributed by atoms with van der Waals surface area (Å²) in [5.41, 5.74) is 1.90. The monoisotopic (exact) mass is 276 g/mol. The number of hydrogen-bond acceptors (Lipinski definition) is 3. The number of carbonyl (C=O) groups is 1. The number of benzene rings is 1. The second-order valence-corrected chi connectivity index (χ2v) is 5.95. The molecule has 1 amide bonds. The minimum absolute atomic E-state index is 0.0322. The lowest BCUT2D eigenvalue weighted by atomic mass is 10.0. The molecule has 1 aliphatic rings. The Morgan fingerprint density at radius 2 is 2.00 bits per heavy atom. The van der Waals surface area contributed by atoms with Crippen molar-refractivity contribution in [1.29, 1.82) is 0 Å². The first kappa shape index (κ1) is 15.0. The van der Waals surface area contributed by atoms with Gasteiger partial charge in [-0.3, -0.25) is 4.79 Å². The van der Waals surface area contributed by atoms with Crippen LogP contribution in [0.5, 0.6) is 0 Å². The van der Waals surface area contributed by atoms with Crippen LogP contribution in [0.4, 0.5) is 0 Å². The normalized spacial score (nSPS) is 22.6. The highest BCUT2D eigenvalue weighted by atomic mass is 16.3. The number of carbonyl (C=O) groups excluding carboxylic acids is 1. The van der Waals surface area contributed by atoms with Gasteiger partial charge in [0, 0.05) is 18.7 Å². The van der Waals surface area contributed by atoms with Crippen LogP contribution in [0.2, 0.25) is 0 Å². The van der Waals surface area contributed by atoms with Crippen molar-refractivity contribution in [2.24, 2.45) is 5.92 Å². The Bertz CT molecular complexity index is 456. The van der Waals surface area contributed by atoms with Gasteiger partial charge in [-0.15, -0.1) is 0 Å². The molecule has 1 aliphatic heterocycles. The highest BCUT2D eigenvalue weighted by Crippen LogP contribution is 2.25. The van der Waals surface area contributed by atoms with Crippen LogP contribution >= 0.6 is 0 Å². The van der Waals surface area contributed by atoms with E-state index in [-0.39, 0.29) is 18.6 Å². The maximum absolute atomic E-state index is 12.5. The lowest BCUT2D eigenvalue weighted by Gasteiger charge is -2.25. The van der Waals surface area contributed by atoms with Crippen molar-refractivity contribution in [3.63, 3.8) is 0 Å². The summed E-state index contributed by atoms with van der Waals surface area (Å²) in [6.07, 6.45) is 0.968. The molecule has 2 atom stereocenters. The van der Waals surface area contributed by atoms with Gasteiger partial charge in [-0.05, 0) is 44.1 Å². The van der Waals surface area contributed by atoms with E-state index in [1.54, 1.807) is 0 Å². The molecule has 1 saturated heterocycles. The zero-order valence-corrected chi connectivity index (χ0v) is 12.5. The van der Waals surface area contributed by atoms with Crippen molar-refractivity contribution in [2.75, 3.05) is 27.2 Å². The number of nitrogens with zero attached hydrogens (tertiary/aromatic N) is 2. The molecule has 1 aromatic rings. The fourth-order valence-electron chi connectivity index (χ4n) is 2.82. The van der Waals surface area contributed by atoms with E-state index in [2.05, 4.69) is 11.8 Å². The highest BCUT2D eigenvalue weighted by molar-refractivity contribution is 5.94. The van der Waals surface area contributed by atoms with Gasteiger partial charge in [0.05, 0.1) is 12.6 Å². The molecule has 2 rings (SSSR count). The second kappa shape index (κ2) is 6.37. The third-order valence-electron chi connectivity index (χ3n) is 4.03. The van der Waals surface area contributed by atoms with Crippen molar-refractivity contribution in [3.05, 3.63) is 35.4 Å². The van der Waals surface area contributed by atoms with E-state index in [9.17, 15) is 9.90 Å². The molecule has 1 aromatic carbocycles. The molecule has 4 heteroatoms. The highest BCUT2D eigenvalue weighted by Gasteiger charge is 2.34. The molecule has 0 aromatic heterocycles. The molecule has 1 fully saturated rings. The van der Waals surface area contributed by atoms with E-state index in [0.29, 0.717) is 11.5 Å². The summed E-state index contributed by atoms with van der Waals surface area (Å²) in [5, 5.41) is 9.45. The van der Waals surface area contributed by atoms with E-state index in [4.69, 9.17) is 0 Å². The van der Waals surface area contributed by atoms with E-state index in [1.165, 1.54) is 5.56 Å².